The van der Waals surface area contributed by atoms with E-state index in [1.807, 2.05) is 0 Å². The summed E-state index contributed by atoms with van der Waals surface area (Å²) in [5, 5.41) is 6.09. The highest BCUT2D eigenvalue weighted by atomic mass is 16.1. The molecule has 0 bridgehead atoms. The third-order valence-corrected chi connectivity index (χ3v) is 2.66. The smallest absolute Gasteiger partial charge is 0.226 e. The van der Waals surface area contributed by atoms with Gasteiger partial charge in [-0.25, -0.2) is 0 Å². The Morgan fingerprint density at radius 1 is 1.50 bits per heavy atom. The second kappa shape index (κ2) is 5.50. The Bertz CT molecular complexity index is 239. The molecule has 0 radical (unpaired) electrons. The first-order valence-corrected chi connectivity index (χ1v) is 5.02. The molecule has 0 saturated heterocycles. The van der Waals surface area contributed by atoms with Gasteiger partial charge in [0, 0.05) is 11.0 Å². The van der Waals surface area contributed by atoms with Crippen LogP contribution in [0.2, 0.25) is 0 Å². The zero-order chi connectivity index (χ0) is 10.4. The summed E-state index contributed by atoms with van der Waals surface area (Å²) in [5.74, 6) is 0.614. The number of amides is 1. The molecular weight excluding hydrogens is 180 g/mol. The summed E-state index contributed by atoms with van der Waals surface area (Å²) in [6.07, 6.45) is 4.44. The molecule has 1 amide bonds. The zero-order valence-electron chi connectivity index (χ0n) is 8.44. The van der Waals surface area contributed by atoms with Crippen LogP contribution in [0, 0.1) is 5.92 Å². The number of azide groups is 1. The fraction of sp³-hybridized carbons (Fsp3) is 0.889. The van der Waals surface area contributed by atoms with E-state index in [0.717, 1.165) is 18.8 Å². The van der Waals surface area contributed by atoms with Crippen molar-refractivity contribution >= 4 is 5.91 Å². The van der Waals surface area contributed by atoms with Crippen LogP contribution in [-0.2, 0) is 4.79 Å². The van der Waals surface area contributed by atoms with E-state index in [-0.39, 0.29) is 18.5 Å². The molecule has 0 unspecified atom stereocenters. The van der Waals surface area contributed by atoms with Gasteiger partial charge in [-0.1, -0.05) is 12.0 Å². The molecule has 1 aliphatic carbocycles. The van der Waals surface area contributed by atoms with Crippen LogP contribution < -0.4 is 5.32 Å². The van der Waals surface area contributed by atoms with Gasteiger partial charge in [-0.05, 0) is 37.1 Å². The van der Waals surface area contributed by atoms with Crippen molar-refractivity contribution in [2.75, 3.05) is 6.54 Å². The Kier molecular flexibility index (Phi) is 4.26. The van der Waals surface area contributed by atoms with Crippen LogP contribution in [0.15, 0.2) is 5.11 Å². The Morgan fingerprint density at radius 2 is 2.14 bits per heavy atom. The van der Waals surface area contributed by atoms with Crippen LogP contribution in [0.1, 0.15) is 32.6 Å². The molecule has 0 spiro atoms. The average molecular weight is 196 g/mol. The van der Waals surface area contributed by atoms with Gasteiger partial charge in [0.05, 0.1) is 0 Å². The number of hydrogen-bond acceptors (Lipinski definition) is 2. The molecule has 0 aromatic heterocycles. The highest BCUT2D eigenvalue weighted by molar-refractivity contribution is 5.78. The second-order valence-corrected chi connectivity index (χ2v) is 3.91. The van der Waals surface area contributed by atoms with Gasteiger partial charge in [-0.15, -0.1) is 0 Å². The topological polar surface area (TPSA) is 77.9 Å². The third-order valence-electron chi connectivity index (χ3n) is 2.66. The van der Waals surface area contributed by atoms with Crippen molar-refractivity contribution in [3.05, 3.63) is 10.4 Å². The molecule has 1 fully saturated rings. The summed E-state index contributed by atoms with van der Waals surface area (Å²) in [7, 11) is 0. The lowest BCUT2D eigenvalue weighted by Gasteiger charge is -2.26. The molecule has 0 aromatic rings. The molecule has 0 aliphatic heterocycles. The lowest BCUT2D eigenvalue weighted by Crippen LogP contribution is -2.38. The summed E-state index contributed by atoms with van der Waals surface area (Å²) in [6.45, 7) is 2.15. The van der Waals surface area contributed by atoms with Gasteiger partial charge in [0.1, 0.15) is 6.54 Å². The second-order valence-electron chi connectivity index (χ2n) is 3.91. The van der Waals surface area contributed by atoms with Gasteiger partial charge in [0.15, 0.2) is 0 Å². The Labute approximate surface area is 83.5 Å². The lowest BCUT2D eigenvalue weighted by atomic mass is 9.87. The van der Waals surface area contributed by atoms with E-state index in [9.17, 15) is 4.79 Å². The standard InChI is InChI=1S/C9H16N4O/c1-7-2-4-8(5-3-7)12-9(14)6-11-13-10/h7-8H,2-6H2,1H3,(H,12,14). The third kappa shape index (κ3) is 3.66. The van der Waals surface area contributed by atoms with Crippen molar-refractivity contribution in [3.8, 4) is 0 Å². The van der Waals surface area contributed by atoms with Crippen LogP contribution in [-0.4, -0.2) is 18.5 Å². The lowest BCUT2D eigenvalue weighted by molar-refractivity contribution is -0.120. The quantitative estimate of drug-likeness (QED) is 0.418. The number of carbonyl (C=O) groups excluding carboxylic acids is 1. The summed E-state index contributed by atoms with van der Waals surface area (Å²) in [6, 6.07) is 0.285. The number of rotatable bonds is 3. The van der Waals surface area contributed by atoms with Crippen LogP contribution in [0.5, 0.6) is 0 Å². The normalized spacial score (nSPS) is 26.4. The SMILES string of the molecule is CC1CCC(NC(=O)CN=[N+]=[N-])CC1. The fourth-order valence-electron chi connectivity index (χ4n) is 1.77. The number of nitrogens with zero attached hydrogens (tertiary/aromatic N) is 3. The van der Waals surface area contributed by atoms with Gasteiger partial charge in [0.25, 0.3) is 0 Å². The van der Waals surface area contributed by atoms with Gasteiger partial charge in [0.2, 0.25) is 5.91 Å². The van der Waals surface area contributed by atoms with Crippen LogP contribution in [0.3, 0.4) is 0 Å². The highest BCUT2D eigenvalue weighted by Crippen LogP contribution is 2.23. The number of nitrogens with one attached hydrogen (secondary N) is 1. The molecule has 0 atom stereocenters. The molecule has 14 heavy (non-hydrogen) atoms. The summed E-state index contributed by atoms with van der Waals surface area (Å²) < 4.78 is 0. The highest BCUT2D eigenvalue weighted by Gasteiger charge is 2.18. The van der Waals surface area contributed by atoms with E-state index in [0.29, 0.717) is 0 Å². The molecule has 1 aliphatic rings. The van der Waals surface area contributed by atoms with E-state index < -0.39 is 0 Å². The van der Waals surface area contributed by atoms with E-state index in [4.69, 9.17) is 5.53 Å². The first kappa shape index (κ1) is 10.9. The minimum atomic E-state index is -0.164. The molecule has 1 saturated carbocycles. The molecule has 0 aromatic carbocycles. The molecule has 78 valence electrons. The Balaban J connectivity index is 2.23. The van der Waals surface area contributed by atoms with E-state index >= 15 is 0 Å². The van der Waals surface area contributed by atoms with Crippen molar-refractivity contribution in [2.45, 2.75) is 38.6 Å². The Morgan fingerprint density at radius 3 is 2.71 bits per heavy atom. The summed E-state index contributed by atoms with van der Waals surface area (Å²) in [4.78, 5) is 13.7. The van der Waals surface area contributed by atoms with Crippen molar-refractivity contribution in [3.63, 3.8) is 0 Å². The summed E-state index contributed by atoms with van der Waals surface area (Å²) in [5.41, 5.74) is 8.03. The molecule has 0 heterocycles. The molecule has 1 N–H and O–H groups in total. The number of carbonyl (C=O) groups is 1. The van der Waals surface area contributed by atoms with Crippen molar-refractivity contribution < 1.29 is 4.79 Å². The largest absolute Gasteiger partial charge is 0.353 e. The van der Waals surface area contributed by atoms with Crippen LogP contribution in [0.4, 0.5) is 0 Å². The number of hydrogen-bond donors (Lipinski definition) is 1. The van der Waals surface area contributed by atoms with Gasteiger partial charge >= 0.3 is 0 Å². The van der Waals surface area contributed by atoms with Crippen molar-refractivity contribution in [1.82, 2.24) is 5.32 Å². The van der Waals surface area contributed by atoms with Crippen molar-refractivity contribution in [2.24, 2.45) is 11.0 Å². The monoisotopic (exact) mass is 196 g/mol. The van der Waals surface area contributed by atoms with Gasteiger partial charge in [-0.2, -0.15) is 0 Å². The first-order valence-electron chi connectivity index (χ1n) is 5.02. The minimum absolute atomic E-state index is 0.0808. The minimum Gasteiger partial charge on any atom is -0.353 e. The van der Waals surface area contributed by atoms with E-state index in [2.05, 4.69) is 22.3 Å². The maximum Gasteiger partial charge on any atom is 0.226 e. The van der Waals surface area contributed by atoms with Gasteiger partial charge in [-0.3, -0.25) is 4.79 Å². The van der Waals surface area contributed by atoms with Gasteiger partial charge < -0.3 is 5.32 Å². The summed E-state index contributed by atoms with van der Waals surface area (Å²) >= 11 is 0. The van der Waals surface area contributed by atoms with Crippen molar-refractivity contribution in [1.29, 1.82) is 0 Å². The van der Waals surface area contributed by atoms with Crippen LogP contribution in [0.25, 0.3) is 10.4 Å². The predicted molar refractivity (Wildman–Crippen MR) is 53.6 cm³/mol. The molecule has 1 rings (SSSR count). The molecule has 5 heteroatoms. The van der Waals surface area contributed by atoms with E-state index in [1.54, 1.807) is 0 Å². The molecular formula is C9H16N4O. The Hall–Kier alpha value is -1.22. The van der Waals surface area contributed by atoms with Crippen LogP contribution >= 0.6 is 0 Å². The maximum absolute atomic E-state index is 11.2. The zero-order valence-corrected chi connectivity index (χ0v) is 8.44. The first-order chi connectivity index (χ1) is 6.72. The molecule has 5 nitrogen and oxygen atoms in total. The van der Waals surface area contributed by atoms with E-state index in [1.165, 1.54) is 12.8 Å². The fourth-order valence-corrected chi connectivity index (χ4v) is 1.77. The predicted octanol–water partition coefficient (Wildman–Crippen LogP) is 1.99. The average Bonchev–Trinajstić information content (AvgIpc) is 2.18. The maximum atomic E-state index is 11.2.